The molecular weight excluding hydrogens is 329 g/mol. The number of carbonyl (C=O) groups excluding carboxylic acids is 1. The molecule has 1 N–H and O–H groups in total. The van der Waals surface area contributed by atoms with Gasteiger partial charge in [-0.3, -0.25) is 4.79 Å². The molecule has 132 valence electrons. The maximum absolute atomic E-state index is 13.9. The van der Waals surface area contributed by atoms with E-state index in [2.05, 4.69) is 5.32 Å². The molecule has 2 aliphatic heterocycles. The molecule has 0 bridgehead atoms. The minimum Gasteiger partial charge on any atom is -0.376 e. The van der Waals surface area contributed by atoms with Crippen molar-refractivity contribution >= 4 is 17.7 Å². The summed E-state index contributed by atoms with van der Waals surface area (Å²) in [5.41, 5.74) is 0.863. The maximum atomic E-state index is 13.9. The Balaban J connectivity index is 1.54. The zero-order valence-corrected chi connectivity index (χ0v) is 14.7. The summed E-state index contributed by atoms with van der Waals surface area (Å²) in [4.78, 5) is 13.1. The molecule has 1 aromatic carbocycles. The Morgan fingerprint density at radius 2 is 2.33 bits per heavy atom. The average Bonchev–Trinajstić information content (AvgIpc) is 2.61. The summed E-state index contributed by atoms with van der Waals surface area (Å²) < 4.78 is 25.2. The number of thioether (sulfide) groups is 1. The van der Waals surface area contributed by atoms with Gasteiger partial charge in [0.25, 0.3) is 0 Å². The van der Waals surface area contributed by atoms with E-state index in [1.165, 1.54) is 17.8 Å². The van der Waals surface area contributed by atoms with Crippen LogP contribution in [-0.2, 0) is 14.3 Å². The number of fused-ring (bicyclic) bond motifs is 1. The zero-order valence-electron chi connectivity index (χ0n) is 13.9. The topological polar surface area (TPSA) is 47.6 Å². The van der Waals surface area contributed by atoms with Gasteiger partial charge in [-0.25, -0.2) is 4.39 Å². The molecule has 1 amide bonds. The summed E-state index contributed by atoms with van der Waals surface area (Å²) in [7, 11) is 0. The van der Waals surface area contributed by atoms with Crippen molar-refractivity contribution in [3.05, 3.63) is 29.6 Å². The number of rotatable bonds is 5. The molecule has 3 rings (SSSR count). The molecule has 6 heteroatoms. The van der Waals surface area contributed by atoms with E-state index >= 15 is 0 Å². The van der Waals surface area contributed by atoms with Gasteiger partial charge in [0.05, 0.1) is 18.8 Å². The lowest BCUT2D eigenvalue weighted by atomic mass is 10.0. The van der Waals surface area contributed by atoms with Gasteiger partial charge in [0.2, 0.25) is 5.91 Å². The minimum absolute atomic E-state index is 0.0925. The van der Waals surface area contributed by atoms with E-state index in [1.54, 1.807) is 13.0 Å². The van der Waals surface area contributed by atoms with Gasteiger partial charge in [0.1, 0.15) is 11.9 Å². The van der Waals surface area contributed by atoms with Gasteiger partial charge in [-0.1, -0.05) is 12.1 Å². The van der Waals surface area contributed by atoms with Crippen LogP contribution >= 0.6 is 11.8 Å². The summed E-state index contributed by atoms with van der Waals surface area (Å²) in [6.45, 7) is 2.97. The van der Waals surface area contributed by atoms with Crippen LogP contribution < -0.4 is 5.32 Å². The predicted octanol–water partition coefficient (Wildman–Crippen LogP) is 3.45. The van der Waals surface area contributed by atoms with Crippen LogP contribution in [0.25, 0.3) is 0 Å². The molecule has 2 aliphatic rings. The van der Waals surface area contributed by atoms with E-state index < -0.39 is 6.10 Å². The van der Waals surface area contributed by atoms with Gasteiger partial charge >= 0.3 is 0 Å². The summed E-state index contributed by atoms with van der Waals surface area (Å²) in [5.74, 6) is 0.428. The SMILES string of the molecule is C[C@H](OC[C@@H]1CCCCO1)C(=O)N[C@H]1CCSc2c(F)cccc21. The van der Waals surface area contributed by atoms with Gasteiger partial charge in [-0.2, -0.15) is 0 Å². The molecule has 0 unspecified atom stereocenters. The van der Waals surface area contributed by atoms with Crippen LogP contribution in [-0.4, -0.2) is 37.1 Å². The molecule has 0 aromatic heterocycles. The standard InChI is InChI=1S/C18H24FNO3S/c1-12(23-11-13-5-2-3-9-22-13)18(21)20-16-8-10-24-17-14(16)6-4-7-15(17)19/h4,6-7,12-13,16H,2-3,5,8-11H2,1H3,(H,20,21)/t12-,13-,16-/m0/s1. The first-order valence-corrected chi connectivity index (χ1v) is 9.58. The largest absolute Gasteiger partial charge is 0.376 e. The second-order valence-electron chi connectivity index (χ2n) is 6.32. The molecule has 0 aliphatic carbocycles. The molecule has 1 saturated heterocycles. The number of halogens is 1. The van der Waals surface area contributed by atoms with Crippen LogP contribution in [0.15, 0.2) is 23.1 Å². The first-order chi connectivity index (χ1) is 11.6. The van der Waals surface area contributed by atoms with Crippen molar-refractivity contribution < 1.29 is 18.7 Å². The third kappa shape index (κ3) is 4.29. The van der Waals surface area contributed by atoms with E-state index in [1.807, 2.05) is 6.07 Å². The summed E-state index contributed by atoms with van der Waals surface area (Å²) in [6.07, 6.45) is 3.59. The Morgan fingerprint density at radius 3 is 3.12 bits per heavy atom. The van der Waals surface area contributed by atoms with Gasteiger partial charge in [0.15, 0.2) is 0 Å². The van der Waals surface area contributed by atoms with Crippen molar-refractivity contribution in [3.63, 3.8) is 0 Å². The van der Waals surface area contributed by atoms with Crippen LogP contribution in [0.5, 0.6) is 0 Å². The Hall–Kier alpha value is -1.11. The van der Waals surface area contributed by atoms with Gasteiger partial charge in [0, 0.05) is 17.3 Å². The highest BCUT2D eigenvalue weighted by Crippen LogP contribution is 2.37. The van der Waals surface area contributed by atoms with Crippen molar-refractivity contribution in [2.45, 2.75) is 55.8 Å². The lowest BCUT2D eigenvalue weighted by Crippen LogP contribution is -2.39. The highest BCUT2D eigenvalue weighted by molar-refractivity contribution is 7.99. The summed E-state index contributed by atoms with van der Waals surface area (Å²) in [6, 6.07) is 4.89. The second-order valence-corrected chi connectivity index (χ2v) is 7.43. The lowest BCUT2D eigenvalue weighted by Gasteiger charge is -2.28. The third-order valence-corrected chi connectivity index (χ3v) is 5.68. The van der Waals surface area contributed by atoms with Crippen molar-refractivity contribution in [3.8, 4) is 0 Å². The molecule has 4 nitrogen and oxygen atoms in total. The quantitative estimate of drug-likeness (QED) is 0.881. The first-order valence-electron chi connectivity index (χ1n) is 8.60. The van der Waals surface area contributed by atoms with E-state index in [9.17, 15) is 9.18 Å². The van der Waals surface area contributed by atoms with Crippen LogP contribution in [0.4, 0.5) is 4.39 Å². The number of ether oxygens (including phenoxy) is 2. The predicted molar refractivity (Wildman–Crippen MR) is 91.6 cm³/mol. The summed E-state index contributed by atoms with van der Waals surface area (Å²) >= 11 is 1.51. The van der Waals surface area contributed by atoms with Gasteiger partial charge < -0.3 is 14.8 Å². The number of hydrogen-bond donors (Lipinski definition) is 1. The normalized spacial score (nSPS) is 24.9. The van der Waals surface area contributed by atoms with Crippen LogP contribution in [0.3, 0.4) is 0 Å². The molecule has 1 fully saturated rings. The smallest absolute Gasteiger partial charge is 0.249 e. The molecule has 0 spiro atoms. The number of carbonyl (C=O) groups is 1. The summed E-state index contributed by atoms with van der Waals surface area (Å²) in [5, 5.41) is 3.01. The monoisotopic (exact) mass is 353 g/mol. The molecule has 0 radical (unpaired) electrons. The number of hydrogen-bond acceptors (Lipinski definition) is 4. The second kappa shape index (κ2) is 8.32. The Morgan fingerprint density at radius 1 is 1.46 bits per heavy atom. The van der Waals surface area contributed by atoms with E-state index in [-0.39, 0.29) is 23.9 Å². The van der Waals surface area contributed by atoms with E-state index in [4.69, 9.17) is 9.47 Å². The Kier molecular flexibility index (Phi) is 6.14. The fraction of sp³-hybridized carbons (Fsp3) is 0.611. The van der Waals surface area contributed by atoms with Crippen LogP contribution in [0.2, 0.25) is 0 Å². The average molecular weight is 353 g/mol. The third-order valence-electron chi connectivity index (χ3n) is 4.52. The fourth-order valence-electron chi connectivity index (χ4n) is 3.09. The number of nitrogens with one attached hydrogen (secondary N) is 1. The van der Waals surface area contributed by atoms with E-state index in [0.717, 1.165) is 43.6 Å². The van der Waals surface area contributed by atoms with Crippen molar-refractivity contribution in [1.29, 1.82) is 0 Å². The van der Waals surface area contributed by atoms with Crippen LogP contribution in [0, 0.1) is 5.82 Å². The zero-order chi connectivity index (χ0) is 16.9. The molecule has 24 heavy (non-hydrogen) atoms. The highest BCUT2D eigenvalue weighted by atomic mass is 32.2. The highest BCUT2D eigenvalue weighted by Gasteiger charge is 2.26. The Labute approximate surface area is 146 Å². The van der Waals surface area contributed by atoms with Crippen molar-refractivity contribution in [1.82, 2.24) is 5.32 Å². The molecule has 3 atom stereocenters. The molecule has 1 aromatic rings. The number of benzene rings is 1. The van der Waals surface area contributed by atoms with Crippen LogP contribution in [0.1, 0.15) is 44.2 Å². The number of amides is 1. The Bertz CT molecular complexity index is 577. The van der Waals surface area contributed by atoms with Crippen molar-refractivity contribution in [2.75, 3.05) is 19.0 Å². The van der Waals surface area contributed by atoms with Crippen molar-refractivity contribution in [2.24, 2.45) is 0 Å². The van der Waals surface area contributed by atoms with E-state index in [0.29, 0.717) is 11.5 Å². The lowest BCUT2D eigenvalue weighted by molar-refractivity contribution is -0.136. The first kappa shape index (κ1) is 17.7. The molecule has 2 heterocycles. The van der Waals surface area contributed by atoms with Gasteiger partial charge in [-0.05, 0) is 44.2 Å². The van der Waals surface area contributed by atoms with Gasteiger partial charge in [-0.15, -0.1) is 11.8 Å². The minimum atomic E-state index is -0.540. The molecular formula is C18H24FNO3S. The maximum Gasteiger partial charge on any atom is 0.249 e. The molecule has 0 saturated carbocycles. The fourth-order valence-corrected chi connectivity index (χ4v) is 4.23.